The van der Waals surface area contributed by atoms with E-state index in [-0.39, 0.29) is 18.7 Å². The molecule has 1 aromatic heterocycles. The number of nitrogens with zero attached hydrogens (tertiary/aromatic N) is 4. The normalized spacial score (nSPS) is 11.7. The number of fused-ring (bicyclic) bond motifs is 1. The Hall–Kier alpha value is -2.86. The highest BCUT2D eigenvalue weighted by molar-refractivity contribution is 5.89. The number of carbonyl (C=O) groups is 1. The van der Waals surface area contributed by atoms with E-state index in [1.165, 1.54) is 0 Å². The fourth-order valence-corrected chi connectivity index (χ4v) is 2.04. The van der Waals surface area contributed by atoms with Gasteiger partial charge in [0, 0.05) is 16.8 Å². The van der Waals surface area contributed by atoms with Gasteiger partial charge in [0.2, 0.25) is 0 Å². The lowest BCUT2D eigenvalue weighted by molar-refractivity contribution is -0.144. The number of aromatic nitrogens is 2. The van der Waals surface area contributed by atoms with Crippen LogP contribution >= 0.6 is 0 Å². The molecule has 1 heterocycles. The highest BCUT2D eigenvalue weighted by Crippen LogP contribution is 2.23. The molecule has 2 aromatic rings. The first-order valence-electron chi connectivity index (χ1n) is 6.33. The van der Waals surface area contributed by atoms with E-state index >= 15 is 0 Å². The third-order valence-corrected chi connectivity index (χ3v) is 2.95. The quantitative estimate of drug-likeness (QED) is 0.390. The zero-order chi connectivity index (χ0) is 15.2. The molecule has 8 heteroatoms. The Balaban J connectivity index is 2.59. The summed E-state index contributed by atoms with van der Waals surface area (Å²) < 4.78 is 4.98. The molecule has 0 bridgehead atoms. The van der Waals surface area contributed by atoms with Crippen LogP contribution in [0.1, 0.15) is 18.5 Å². The Bertz CT molecular complexity index is 764. The van der Waals surface area contributed by atoms with Crippen molar-refractivity contribution >= 4 is 16.7 Å². The van der Waals surface area contributed by atoms with E-state index in [1.807, 2.05) is 0 Å². The van der Waals surface area contributed by atoms with Crippen molar-refractivity contribution in [3.8, 4) is 0 Å². The van der Waals surface area contributed by atoms with Crippen LogP contribution in [-0.4, -0.2) is 29.3 Å². The number of benzene rings is 1. The number of H-pyrrole nitrogens is 1. The molecule has 21 heavy (non-hydrogen) atoms. The first-order chi connectivity index (χ1) is 10.2. The molecule has 1 unspecified atom stereocenters. The first kappa shape index (κ1) is 14.5. The van der Waals surface area contributed by atoms with E-state index in [9.17, 15) is 9.59 Å². The third kappa shape index (κ3) is 3.01. The number of hydrogen-bond acceptors (Lipinski definition) is 5. The number of esters is 1. The van der Waals surface area contributed by atoms with Gasteiger partial charge in [-0.15, -0.1) is 0 Å². The molecule has 8 nitrogen and oxygen atoms in total. The molecule has 0 aliphatic heterocycles. The van der Waals surface area contributed by atoms with Crippen LogP contribution in [-0.2, 0) is 9.53 Å². The second-order valence-corrected chi connectivity index (χ2v) is 4.20. The summed E-state index contributed by atoms with van der Waals surface area (Å²) in [6.07, 6.45) is 0. The van der Waals surface area contributed by atoms with E-state index < -0.39 is 11.9 Å². The number of hydrogen-bond donors (Lipinski definition) is 1. The third-order valence-electron chi connectivity index (χ3n) is 2.95. The van der Waals surface area contributed by atoms with Crippen LogP contribution in [0.2, 0.25) is 0 Å². The van der Waals surface area contributed by atoms with Gasteiger partial charge >= 0.3 is 5.97 Å². The summed E-state index contributed by atoms with van der Waals surface area (Å²) in [6.45, 7) is 1.76. The number of nitrogens with one attached hydrogen (secondary N) is 1. The van der Waals surface area contributed by atoms with Gasteiger partial charge in [-0.05, 0) is 18.5 Å². The van der Waals surface area contributed by atoms with Gasteiger partial charge in [0.25, 0.3) is 5.56 Å². The predicted molar refractivity (Wildman–Crippen MR) is 75.8 cm³/mol. The van der Waals surface area contributed by atoms with Crippen LogP contribution in [0.3, 0.4) is 0 Å². The average Bonchev–Trinajstić information content (AvgIpc) is 2.50. The summed E-state index contributed by atoms with van der Waals surface area (Å²) in [5, 5.41) is 10.7. The van der Waals surface area contributed by atoms with E-state index in [2.05, 4.69) is 20.2 Å². The number of azide groups is 1. The maximum atomic E-state index is 12.0. The molecule has 1 N–H and O–H groups in total. The SMILES string of the molecule is CCOC(=O)C(CN=[N+]=[N-])c1n[nH]c(=O)c2ccccc12. The molecular formula is C13H13N5O3. The lowest BCUT2D eigenvalue weighted by Gasteiger charge is -2.14. The van der Waals surface area contributed by atoms with Crippen molar-refractivity contribution in [3.05, 3.63) is 50.8 Å². The average molecular weight is 287 g/mol. The van der Waals surface area contributed by atoms with Crippen molar-refractivity contribution in [2.24, 2.45) is 5.11 Å². The van der Waals surface area contributed by atoms with E-state index in [4.69, 9.17) is 10.3 Å². The van der Waals surface area contributed by atoms with Crippen LogP contribution < -0.4 is 5.56 Å². The minimum absolute atomic E-state index is 0.127. The van der Waals surface area contributed by atoms with Gasteiger partial charge in [-0.2, -0.15) is 5.10 Å². The first-order valence-corrected chi connectivity index (χ1v) is 6.33. The van der Waals surface area contributed by atoms with Gasteiger partial charge in [-0.3, -0.25) is 9.59 Å². The summed E-state index contributed by atoms with van der Waals surface area (Å²) in [4.78, 5) is 26.4. The zero-order valence-electron chi connectivity index (χ0n) is 11.3. The molecule has 0 saturated carbocycles. The molecule has 0 fully saturated rings. The molecule has 0 aliphatic carbocycles. The molecule has 0 radical (unpaired) electrons. The van der Waals surface area contributed by atoms with Crippen molar-refractivity contribution in [1.29, 1.82) is 0 Å². The molecule has 0 saturated heterocycles. The molecular weight excluding hydrogens is 274 g/mol. The number of rotatable bonds is 5. The molecule has 2 rings (SSSR count). The van der Waals surface area contributed by atoms with Crippen LogP contribution in [0.5, 0.6) is 0 Å². The standard InChI is InChI=1S/C13H13N5O3/c1-2-21-13(20)10(7-15-18-14)11-8-5-3-4-6-9(8)12(19)17-16-11/h3-6,10H,2,7H2,1H3,(H,17,19). The Morgan fingerprint density at radius 2 is 2.19 bits per heavy atom. The Kier molecular flexibility index (Phi) is 4.53. The summed E-state index contributed by atoms with van der Waals surface area (Å²) in [7, 11) is 0. The summed E-state index contributed by atoms with van der Waals surface area (Å²) in [5.41, 5.74) is 8.44. The second kappa shape index (κ2) is 6.53. The van der Waals surface area contributed by atoms with Gasteiger partial charge < -0.3 is 4.74 Å². The number of aromatic amines is 1. The highest BCUT2D eigenvalue weighted by Gasteiger charge is 2.25. The van der Waals surface area contributed by atoms with Gasteiger partial charge in [-0.1, -0.05) is 23.3 Å². The zero-order valence-corrected chi connectivity index (χ0v) is 11.3. The maximum Gasteiger partial charge on any atom is 0.315 e. The van der Waals surface area contributed by atoms with Crippen molar-refractivity contribution in [2.45, 2.75) is 12.8 Å². The number of ether oxygens (including phenoxy) is 1. The smallest absolute Gasteiger partial charge is 0.315 e. The van der Waals surface area contributed by atoms with Gasteiger partial charge in [0.15, 0.2) is 0 Å². The predicted octanol–water partition coefficient (Wildman–Crippen LogP) is 1.88. The van der Waals surface area contributed by atoms with Gasteiger partial charge in [0.05, 0.1) is 17.7 Å². The maximum absolute atomic E-state index is 12.0. The fourth-order valence-electron chi connectivity index (χ4n) is 2.04. The minimum atomic E-state index is -0.859. The fraction of sp³-hybridized carbons (Fsp3) is 0.308. The summed E-state index contributed by atoms with van der Waals surface area (Å²) >= 11 is 0. The largest absolute Gasteiger partial charge is 0.465 e. The summed E-state index contributed by atoms with van der Waals surface area (Å²) in [6, 6.07) is 6.78. The molecule has 1 atom stereocenters. The molecule has 1 aromatic carbocycles. The van der Waals surface area contributed by atoms with Crippen molar-refractivity contribution in [3.63, 3.8) is 0 Å². The van der Waals surface area contributed by atoms with Crippen LogP contribution in [0.4, 0.5) is 0 Å². The highest BCUT2D eigenvalue weighted by atomic mass is 16.5. The lowest BCUT2D eigenvalue weighted by atomic mass is 10.00. The van der Waals surface area contributed by atoms with Crippen LogP contribution in [0, 0.1) is 0 Å². The molecule has 108 valence electrons. The van der Waals surface area contributed by atoms with Crippen molar-refractivity contribution in [2.75, 3.05) is 13.2 Å². The Labute approximate surface area is 119 Å². The molecule has 0 aliphatic rings. The lowest BCUT2D eigenvalue weighted by Crippen LogP contribution is -2.22. The van der Waals surface area contributed by atoms with Crippen molar-refractivity contribution < 1.29 is 9.53 Å². The minimum Gasteiger partial charge on any atom is -0.465 e. The Morgan fingerprint density at radius 1 is 1.48 bits per heavy atom. The van der Waals surface area contributed by atoms with Gasteiger partial charge in [-0.25, -0.2) is 5.10 Å². The van der Waals surface area contributed by atoms with Crippen molar-refractivity contribution in [1.82, 2.24) is 10.2 Å². The second-order valence-electron chi connectivity index (χ2n) is 4.20. The Morgan fingerprint density at radius 3 is 2.86 bits per heavy atom. The topological polar surface area (TPSA) is 121 Å². The monoisotopic (exact) mass is 287 g/mol. The molecule has 0 spiro atoms. The van der Waals surface area contributed by atoms with E-state index in [0.717, 1.165) is 0 Å². The van der Waals surface area contributed by atoms with Gasteiger partial charge in [0.1, 0.15) is 5.92 Å². The van der Waals surface area contributed by atoms with Crippen LogP contribution in [0.25, 0.3) is 21.2 Å². The number of carbonyl (C=O) groups excluding carboxylic acids is 1. The van der Waals surface area contributed by atoms with Crippen LogP contribution in [0.15, 0.2) is 34.2 Å². The molecule has 0 amide bonds. The summed E-state index contributed by atoms with van der Waals surface area (Å²) in [5.74, 6) is -1.41. The van der Waals surface area contributed by atoms with E-state index in [0.29, 0.717) is 16.5 Å². The van der Waals surface area contributed by atoms with E-state index in [1.54, 1.807) is 31.2 Å².